The number of hydrogen-bond acceptors (Lipinski definition) is 2. The summed E-state index contributed by atoms with van der Waals surface area (Å²) in [4.78, 5) is 11.2. The summed E-state index contributed by atoms with van der Waals surface area (Å²) in [5.74, 6) is -0.456. The van der Waals surface area contributed by atoms with Crippen LogP contribution in [0.5, 0.6) is 0 Å². The van der Waals surface area contributed by atoms with E-state index in [9.17, 15) is 4.79 Å². The van der Waals surface area contributed by atoms with Crippen LogP contribution in [-0.4, -0.2) is 13.0 Å². The molecule has 0 aliphatic heterocycles. The van der Waals surface area contributed by atoms with Crippen LogP contribution in [0, 0.1) is 0 Å². The van der Waals surface area contributed by atoms with Gasteiger partial charge in [-0.15, -0.1) is 0 Å². The van der Waals surface area contributed by atoms with Crippen LogP contribution in [0.3, 0.4) is 0 Å². The van der Waals surface area contributed by atoms with Gasteiger partial charge in [-0.05, 0) is 35.4 Å². The minimum atomic E-state index is -0.456. The molecule has 0 radical (unpaired) electrons. The van der Waals surface area contributed by atoms with E-state index in [1.54, 1.807) is 31.4 Å². The number of ether oxygens (including phenoxy) is 1. The lowest BCUT2D eigenvalue weighted by atomic mass is 9.99. The Kier molecular flexibility index (Phi) is 4.20. The maximum Gasteiger partial charge on any atom is 0.248 e. The molecule has 2 rings (SSSR count). The molecule has 98 valence electrons. The Morgan fingerprint density at radius 2 is 1.79 bits per heavy atom. The molecule has 19 heavy (non-hydrogen) atoms. The van der Waals surface area contributed by atoms with Crippen LogP contribution in [0.15, 0.2) is 48.5 Å². The Morgan fingerprint density at radius 1 is 1.16 bits per heavy atom. The highest BCUT2D eigenvalue weighted by Gasteiger charge is 2.14. The molecule has 0 fully saturated rings. The van der Waals surface area contributed by atoms with E-state index in [0.717, 1.165) is 11.1 Å². The molecule has 0 saturated carbocycles. The van der Waals surface area contributed by atoms with Crippen LogP contribution in [0.25, 0.3) is 0 Å². The van der Waals surface area contributed by atoms with E-state index in [4.69, 9.17) is 22.1 Å². The maximum atomic E-state index is 11.2. The van der Waals surface area contributed by atoms with Crippen LogP contribution in [0.1, 0.15) is 27.6 Å². The first-order chi connectivity index (χ1) is 9.11. The predicted octanol–water partition coefficient (Wildman–Crippen LogP) is 3.17. The fourth-order valence-electron chi connectivity index (χ4n) is 1.99. The number of carbonyl (C=O) groups excluding carboxylic acids is 1. The first-order valence-electron chi connectivity index (χ1n) is 5.80. The zero-order valence-corrected chi connectivity index (χ0v) is 11.2. The summed E-state index contributed by atoms with van der Waals surface area (Å²) in [6.07, 6.45) is -0.280. The normalized spacial score (nSPS) is 12.1. The monoisotopic (exact) mass is 275 g/mol. The van der Waals surface area contributed by atoms with Crippen molar-refractivity contribution in [2.45, 2.75) is 6.10 Å². The summed E-state index contributed by atoms with van der Waals surface area (Å²) >= 11 is 5.99. The molecule has 0 bridgehead atoms. The molecule has 2 aromatic rings. The van der Waals surface area contributed by atoms with Crippen molar-refractivity contribution in [3.05, 3.63) is 70.2 Å². The molecule has 1 amide bonds. The van der Waals surface area contributed by atoms with Gasteiger partial charge in [0.2, 0.25) is 5.91 Å². The number of benzene rings is 2. The molecule has 0 aromatic heterocycles. The Hall–Kier alpha value is -1.84. The van der Waals surface area contributed by atoms with Crippen molar-refractivity contribution in [2.75, 3.05) is 7.11 Å². The minimum Gasteiger partial charge on any atom is -0.372 e. The minimum absolute atomic E-state index is 0.280. The lowest BCUT2D eigenvalue weighted by Gasteiger charge is -2.17. The number of primary amides is 1. The average Bonchev–Trinajstić information content (AvgIpc) is 2.40. The number of amides is 1. The van der Waals surface area contributed by atoms with E-state index in [2.05, 4.69) is 0 Å². The highest BCUT2D eigenvalue weighted by Crippen LogP contribution is 2.27. The van der Waals surface area contributed by atoms with Crippen molar-refractivity contribution in [1.82, 2.24) is 0 Å². The van der Waals surface area contributed by atoms with E-state index in [1.807, 2.05) is 24.3 Å². The van der Waals surface area contributed by atoms with Gasteiger partial charge in [0.25, 0.3) is 0 Å². The van der Waals surface area contributed by atoms with Gasteiger partial charge in [0.15, 0.2) is 0 Å². The van der Waals surface area contributed by atoms with Crippen molar-refractivity contribution in [2.24, 2.45) is 5.73 Å². The molecule has 0 spiro atoms. The van der Waals surface area contributed by atoms with Gasteiger partial charge in [0.1, 0.15) is 6.10 Å². The molecule has 2 aromatic carbocycles. The Bertz CT molecular complexity index is 598. The van der Waals surface area contributed by atoms with Crippen LogP contribution in [-0.2, 0) is 4.74 Å². The molecule has 0 heterocycles. The molecular weight excluding hydrogens is 262 g/mol. The number of hydrogen-bond donors (Lipinski definition) is 1. The molecular formula is C15H14ClNO2. The van der Waals surface area contributed by atoms with E-state index in [0.29, 0.717) is 10.6 Å². The molecule has 4 heteroatoms. The van der Waals surface area contributed by atoms with E-state index in [-0.39, 0.29) is 6.10 Å². The largest absolute Gasteiger partial charge is 0.372 e. The number of nitrogens with two attached hydrogens (primary N) is 1. The Labute approximate surface area is 117 Å². The van der Waals surface area contributed by atoms with Crippen molar-refractivity contribution >= 4 is 17.5 Å². The second-order valence-electron chi connectivity index (χ2n) is 4.16. The summed E-state index contributed by atoms with van der Waals surface area (Å²) in [6, 6.07) is 14.5. The quantitative estimate of drug-likeness (QED) is 0.932. The second kappa shape index (κ2) is 5.87. The van der Waals surface area contributed by atoms with Crippen molar-refractivity contribution in [3.8, 4) is 0 Å². The zero-order chi connectivity index (χ0) is 13.8. The lowest BCUT2D eigenvalue weighted by Crippen LogP contribution is -2.12. The third kappa shape index (κ3) is 3.13. The Balaban J connectivity index is 2.42. The predicted molar refractivity (Wildman–Crippen MR) is 75.3 cm³/mol. The lowest BCUT2D eigenvalue weighted by molar-refractivity contribution is 0.0999. The van der Waals surface area contributed by atoms with E-state index < -0.39 is 5.91 Å². The fraction of sp³-hybridized carbons (Fsp3) is 0.133. The standard InChI is InChI=1S/C15H14ClNO2/c1-19-14(11-5-3-7-13(16)9-11)10-4-2-6-12(8-10)15(17)18/h2-9,14H,1H3,(H2,17,18). The first-order valence-corrected chi connectivity index (χ1v) is 6.17. The maximum absolute atomic E-state index is 11.2. The summed E-state index contributed by atoms with van der Waals surface area (Å²) in [7, 11) is 1.61. The fourth-order valence-corrected chi connectivity index (χ4v) is 2.19. The number of methoxy groups -OCH3 is 1. The molecule has 2 N–H and O–H groups in total. The third-order valence-corrected chi connectivity index (χ3v) is 3.10. The van der Waals surface area contributed by atoms with Gasteiger partial charge in [-0.3, -0.25) is 4.79 Å². The van der Waals surface area contributed by atoms with Gasteiger partial charge in [-0.2, -0.15) is 0 Å². The van der Waals surface area contributed by atoms with Crippen LogP contribution in [0.2, 0.25) is 5.02 Å². The topological polar surface area (TPSA) is 52.3 Å². The van der Waals surface area contributed by atoms with Crippen molar-refractivity contribution < 1.29 is 9.53 Å². The zero-order valence-electron chi connectivity index (χ0n) is 10.5. The number of halogens is 1. The summed E-state index contributed by atoms with van der Waals surface area (Å²) in [5, 5.41) is 0.644. The molecule has 1 unspecified atom stereocenters. The van der Waals surface area contributed by atoms with Crippen LogP contribution in [0.4, 0.5) is 0 Å². The van der Waals surface area contributed by atoms with E-state index >= 15 is 0 Å². The summed E-state index contributed by atoms with van der Waals surface area (Å²) in [6.45, 7) is 0. The van der Waals surface area contributed by atoms with Gasteiger partial charge in [0.05, 0.1) is 0 Å². The van der Waals surface area contributed by atoms with E-state index in [1.165, 1.54) is 0 Å². The molecule has 0 aliphatic rings. The van der Waals surface area contributed by atoms with Gasteiger partial charge >= 0.3 is 0 Å². The van der Waals surface area contributed by atoms with Gasteiger partial charge in [0, 0.05) is 17.7 Å². The van der Waals surface area contributed by atoms with Gasteiger partial charge in [-0.1, -0.05) is 35.9 Å². The van der Waals surface area contributed by atoms with Crippen molar-refractivity contribution in [3.63, 3.8) is 0 Å². The molecule has 1 atom stereocenters. The second-order valence-corrected chi connectivity index (χ2v) is 4.60. The number of carbonyl (C=O) groups is 1. The first kappa shape index (κ1) is 13.6. The van der Waals surface area contributed by atoms with Gasteiger partial charge < -0.3 is 10.5 Å². The van der Waals surface area contributed by atoms with Crippen molar-refractivity contribution in [1.29, 1.82) is 0 Å². The molecule has 3 nitrogen and oxygen atoms in total. The highest BCUT2D eigenvalue weighted by molar-refractivity contribution is 6.30. The average molecular weight is 276 g/mol. The molecule has 0 saturated heterocycles. The van der Waals surface area contributed by atoms with Gasteiger partial charge in [-0.25, -0.2) is 0 Å². The summed E-state index contributed by atoms with van der Waals surface area (Å²) in [5.41, 5.74) is 7.54. The SMILES string of the molecule is COC(c1cccc(Cl)c1)c1cccc(C(N)=O)c1. The smallest absolute Gasteiger partial charge is 0.248 e. The number of rotatable bonds is 4. The van der Waals surface area contributed by atoms with Crippen LogP contribution < -0.4 is 5.73 Å². The Morgan fingerprint density at radius 3 is 2.37 bits per heavy atom. The van der Waals surface area contributed by atoms with Crippen LogP contribution >= 0.6 is 11.6 Å². The third-order valence-electron chi connectivity index (χ3n) is 2.86. The highest BCUT2D eigenvalue weighted by atomic mass is 35.5. The molecule has 0 aliphatic carbocycles. The summed E-state index contributed by atoms with van der Waals surface area (Å²) < 4.78 is 5.50.